The van der Waals surface area contributed by atoms with Gasteiger partial charge in [-0.2, -0.15) is 0 Å². The van der Waals surface area contributed by atoms with Crippen molar-refractivity contribution in [1.82, 2.24) is 15.3 Å². The maximum atomic E-state index is 12.9. The molecular weight excluding hydrogens is 462 g/mol. The first kappa shape index (κ1) is 24.2. The number of nitrogens with two attached hydrogens (primary N) is 1. The Morgan fingerprint density at radius 2 is 1.89 bits per heavy atom. The number of nitrogens with zero attached hydrogens (tertiary/aromatic N) is 1. The van der Waals surface area contributed by atoms with Gasteiger partial charge < -0.3 is 26.1 Å². The van der Waals surface area contributed by atoms with Gasteiger partial charge in [0.05, 0.1) is 30.7 Å². The van der Waals surface area contributed by atoms with Gasteiger partial charge >= 0.3 is 6.09 Å². The molecule has 1 aliphatic rings. The van der Waals surface area contributed by atoms with Crippen molar-refractivity contribution in [3.05, 3.63) is 77.8 Å². The smallest absolute Gasteiger partial charge is 0.411 e. The number of benzene rings is 2. The Hall–Kier alpha value is -4.93. The van der Waals surface area contributed by atoms with Crippen LogP contribution in [0.2, 0.25) is 0 Å². The predicted octanol–water partition coefficient (Wildman–Crippen LogP) is 3.30. The number of amidine groups is 1. The van der Waals surface area contributed by atoms with Crippen molar-refractivity contribution in [2.45, 2.75) is 18.9 Å². The Kier molecular flexibility index (Phi) is 7.10. The molecule has 1 atom stereocenters. The average Bonchev–Trinajstić information content (AvgIpc) is 3.35. The Morgan fingerprint density at radius 3 is 2.61 bits per heavy atom. The minimum absolute atomic E-state index is 0.0768. The number of anilines is 2. The predicted molar refractivity (Wildman–Crippen MR) is 135 cm³/mol. The molecule has 11 heteroatoms. The third kappa shape index (κ3) is 5.58. The van der Waals surface area contributed by atoms with E-state index in [9.17, 15) is 14.4 Å². The number of ether oxygens (including phenoxy) is 1. The van der Waals surface area contributed by atoms with Gasteiger partial charge in [-0.1, -0.05) is 24.3 Å². The van der Waals surface area contributed by atoms with E-state index < -0.39 is 12.1 Å². The molecular formula is C25H25N7O4. The number of carbonyl (C=O) groups is 3. The molecule has 0 saturated heterocycles. The zero-order chi connectivity index (χ0) is 25.7. The third-order valence-corrected chi connectivity index (χ3v) is 5.55. The van der Waals surface area contributed by atoms with E-state index in [1.165, 1.54) is 7.11 Å². The lowest BCUT2D eigenvalue weighted by atomic mass is 10.1. The molecule has 0 saturated carbocycles. The minimum Gasteiger partial charge on any atom is -0.453 e. The molecule has 11 nitrogen and oxygen atoms in total. The van der Waals surface area contributed by atoms with Crippen molar-refractivity contribution < 1.29 is 19.1 Å². The number of nitrogen functional groups attached to an aromatic ring is 1. The fourth-order valence-electron chi connectivity index (χ4n) is 3.69. The summed E-state index contributed by atoms with van der Waals surface area (Å²) in [6.45, 7) is 0. The van der Waals surface area contributed by atoms with Gasteiger partial charge in [-0.05, 0) is 36.8 Å². The second-order valence-electron chi connectivity index (χ2n) is 8.04. The zero-order valence-electron chi connectivity index (χ0n) is 19.4. The van der Waals surface area contributed by atoms with Crippen LogP contribution in [0, 0.1) is 5.41 Å². The molecule has 184 valence electrons. The van der Waals surface area contributed by atoms with Gasteiger partial charge in [0.15, 0.2) is 0 Å². The summed E-state index contributed by atoms with van der Waals surface area (Å²) >= 11 is 0. The van der Waals surface area contributed by atoms with Crippen LogP contribution in [-0.2, 0) is 9.53 Å². The molecule has 0 fully saturated rings. The van der Waals surface area contributed by atoms with Crippen molar-refractivity contribution in [2.75, 3.05) is 17.7 Å². The summed E-state index contributed by atoms with van der Waals surface area (Å²) in [4.78, 5) is 44.8. The van der Waals surface area contributed by atoms with Crippen LogP contribution in [0.15, 0.2) is 60.8 Å². The standard InChI is InChI=1S/C25H25N7O4/c1-36-25(35)29-16-10-11-17-19(12-16)30-21(33)5-3-2-4-18(23-28-13-20(17)31-23)32-24(34)15-8-6-14(7-9-15)22(26)27/h2-3,6-13,18H,4-5H2,1H3,(H3,26,27)(H,28,31)(H,29,35)(H,30,33)(H,32,34)/b3-2+. The molecule has 1 unspecified atom stereocenters. The molecule has 0 spiro atoms. The molecule has 7 N–H and O–H groups in total. The molecule has 2 heterocycles. The minimum atomic E-state index is -0.629. The van der Waals surface area contributed by atoms with Crippen LogP contribution < -0.4 is 21.7 Å². The summed E-state index contributed by atoms with van der Waals surface area (Å²) in [7, 11) is 1.26. The number of methoxy groups -OCH3 is 1. The topological polar surface area (TPSA) is 175 Å². The van der Waals surface area contributed by atoms with Crippen molar-refractivity contribution in [3.8, 4) is 11.3 Å². The van der Waals surface area contributed by atoms with Crippen LogP contribution in [0.5, 0.6) is 0 Å². The molecule has 2 bridgehead atoms. The van der Waals surface area contributed by atoms with Crippen molar-refractivity contribution >= 4 is 35.1 Å². The summed E-state index contributed by atoms with van der Waals surface area (Å²) in [5, 5.41) is 15.9. The number of nitrogens with one attached hydrogen (secondary N) is 5. The molecule has 4 rings (SSSR count). The monoisotopic (exact) mass is 487 g/mol. The number of imidazole rings is 1. The number of H-pyrrole nitrogens is 1. The van der Waals surface area contributed by atoms with E-state index in [0.29, 0.717) is 46.0 Å². The number of carbonyl (C=O) groups excluding carboxylic acids is 3. The molecule has 3 amide bonds. The van der Waals surface area contributed by atoms with E-state index in [0.717, 1.165) is 0 Å². The fraction of sp³-hybridized carbons (Fsp3) is 0.160. The van der Waals surface area contributed by atoms with Gasteiger partial charge in [-0.25, -0.2) is 9.78 Å². The van der Waals surface area contributed by atoms with Gasteiger partial charge in [-0.15, -0.1) is 0 Å². The number of hydrogen-bond donors (Lipinski definition) is 6. The fourth-order valence-corrected chi connectivity index (χ4v) is 3.69. The molecule has 0 aliphatic carbocycles. The Balaban J connectivity index is 1.63. The maximum Gasteiger partial charge on any atom is 0.411 e. The first-order valence-corrected chi connectivity index (χ1v) is 11.1. The Bertz CT molecular complexity index is 1340. The Labute approximate surface area is 206 Å². The number of aromatic amines is 1. The molecule has 0 radical (unpaired) electrons. The normalized spacial score (nSPS) is 15.8. The lowest BCUT2D eigenvalue weighted by Gasteiger charge is -2.17. The summed E-state index contributed by atoms with van der Waals surface area (Å²) in [6.07, 6.45) is 5.06. The second kappa shape index (κ2) is 10.6. The highest BCUT2D eigenvalue weighted by Gasteiger charge is 2.20. The van der Waals surface area contributed by atoms with Crippen LogP contribution in [-0.4, -0.2) is 40.8 Å². The maximum absolute atomic E-state index is 12.9. The second-order valence-corrected chi connectivity index (χ2v) is 8.04. The third-order valence-electron chi connectivity index (χ3n) is 5.55. The van der Waals surface area contributed by atoms with Gasteiger partial charge in [0, 0.05) is 28.8 Å². The SMILES string of the molecule is COC(=O)Nc1ccc2c(c1)NC(=O)C/C=C/CC(NC(=O)c1ccc(C(=N)N)cc1)c1ncc-2[nH]1. The lowest BCUT2D eigenvalue weighted by molar-refractivity contribution is -0.115. The average molecular weight is 488 g/mol. The van der Waals surface area contributed by atoms with Crippen LogP contribution in [0.4, 0.5) is 16.2 Å². The highest BCUT2D eigenvalue weighted by molar-refractivity contribution is 5.99. The number of amides is 3. The highest BCUT2D eigenvalue weighted by Crippen LogP contribution is 2.31. The number of fused-ring (bicyclic) bond motifs is 4. The molecule has 2 aromatic carbocycles. The van der Waals surface area contributed by atoms with Gasteiger partial charge in [0.25, 0.3) is 5.91 Å². The van der Waals surface area contributed by atoms with E-state index in [1.807, 2.05) is 6.08 Å². The quantitative estimate of drug-likeness (QED) is 0.187. The van der Waals surface area contributed by atoms with E-state index >= 15 is 0 Å². The van der Waals surface area contributed by atoms with Gasteiger partial charge in [-0.3, -0.25) is 20.3 Å². The van der Waals surface area contributed by atoms with Crippen molar-refractivity contribution in [1.29, 1.82) is 5.41 Å². The first-order chi connectivity index (χ1) is 17.3. The van der Waals surface area contributed by atoms with Crippen molar-refractivity contribution in [2.24, 2.45) is 5.73 Å². The van der Waals surface area contributed by atoms with Crippen LogP contribution in [0.25, 0.3) is 11.3 Å². The van der Waals surface area contributed by atoms with Crippen LogP contribution in [0.3, 0.4) is 0 Å². The van der Waals surface area contributed by atoms with Crippen molar-refractivity contribution in [3.63, 3.8) is 0 Å². The molecule has 1 aromatic heterocycles. The van der Waals surface area contributed by atoms with E-state index in [1.54, 1.807) is 54.7 Å². The summed E-state index contributed by atoms with van der Waals surface area (Å²) in [5.41, 5.74) is 8.63. The van der Waals surface area contributed by atoms with E-state index in [2.05, 4.69) is 30.7 Å². The highest BCUT2D eigenvalue weighted by atomic mass is 16.5. The Morgan fingerprint density at radius 1 is 1.14 bits per heavy atom. The lowest BCUT2D eigenvalue weighted by Crippen LogP contribution is -2.29. The van der Waals surface area contributed by atoms with E-state index in [-0.39, 0.29) is 24.1 Å². The number of rotatable bonds is 4. The van der Waals surface area contributed by atoms with Crippen LogP contribution in [0.1, 0.15) is 40.6 Å². The van der Waals surface area contributed by atoms with Crippen LogP contribution >= 0.6 is 0 Å². The molecule has 36 heavy (non-hydrogen) atoms. The van der Waals surface area contributed by atoms with Gasteiger partial charge in [0.2, 0.25) is 5.91 Å². The molecule has 3 aromatic rings. The van der Waals surface area contributed by atoms with Gasteiger partial charge in [0.1, 0.15) is 11.7 Å². The summed E-state index contributed by atoms with van der Waals surface area (Å²) < 4.78 is 4.63. The zero-order valence-corrected chi connectivity index (χ0v) is 19.4. The summed E-state index contributed by atoms with van der Waals surface area (Å²) in [5.74, 6) is -0.0931. The molecule has 1 aliphatic heterocycles. The van der Waals surface area contributed by atoms with E-state index in [4.69, 9.17) is 11.1 Å². The number of hydrogen-bond acceptors (Lipinski definition) is 6. The number of aromatic nitrogens is 2. The first-order valence-electron chi connectivity index (χ1n) is 11.1. The largest absolute Gasteiger partial charge is 0.453 e. The summed E-state index contributed by atoms with van der Waals surface area (Å²) in [6, 6.07) is 11.0.